The smallest absolute Gasteiger partial charge is 0.118 e. The van der Waals surface area contributed by atoms with Gasteiger partial charge in [0.25, 0.3) is 0 Å². The zero-order valence-corrected chi connectivity index (χ0v) is 10.7. The molecule has 2 aromatic carbocycles. The van der Waals surface area contributed by atoms with Crippen molar-refractivity contribution in [3.05, 3.63) is 54.2 Å². The Labute approximate surface area is 111 Å². The number of anilines is 1. The van der Waals surface area contributed by atoms with E-state index in [0.29, 0.717) is 0 Å². The highest BCUT2D eigenvalue weighted by atomic mass is 16.5. The van der Waals surface area contributed by atoms with E-state index in [0.717, 1.165) is 28.9 Å². The molecule has 1 aromatic heterocycles. The Bertz CT molecular complexity index is 701. The second kappa shape index (κ2) is 4.65. The van der Waals surface area contributed by atoms with Crippen LogP contribution in [0, 0.1) is 0 Å². The van der Waals surface area contributed by atoms with Gasteiger partial charge < -0.3 is 10.5 Å². The first-order chi connectivity index (χ1) is 9.26. The fraction of sp³-hybridized carbons (Fsp3) is 0.133. The standard InChI is InChI=1S/C15H15N3O/c1-19-14-5-2-11(3-6-14)10-18-15-7-4-13(16)8-12(15)9-17-18/h2-9H,10,16H2,1H3. The molecule has 0 fully saturated rings. The van der Waals surface area contributed by atoms with Crippen LogP contribution < -0.4 is 10.5 Å². The summed E-state index contributed by atoms with van der Waals surface area (Å²) in [5, 5.41) is 5.47. The number of nitrogen functional groups attached to an aromatic ring is 1. The first-order valence-corrected chi connectivity index (χ1v) is 6.10. The maximum atomic E-state index is 5.77. The van der Waals surface area contributed by atoms with Gasteiger partial charge in [0.15, 0.2) is 0 Å². The summed E-state index contributed by atoms with van der Waals surface area (Å²) in [5.74, 6) is 0.863. The van der Waals surface area contributed by atoms with Gasteiger partial charge in [-0.2, -0.15) is 5.10 Å². The summed E-state index contributed by atoms with van der Waals surface area (Å²) in [6.45, 7) is 0.734. The normalized spacial score (nSPS) is 10.8. The minimum Gasteiger partial charge on any atom is -0.497 e. The molecule has 0 amide bonds. The summed E-state index contributed by atoms with van der Waals surface area (Å²) >= 11 is 0. The molecule has 4 nitrogen and oxygen atoms in total. The molecule has 3 rings (SSSR count). The van der Waals surface area contributed by atoms with Crippen LogP contribution in [0.4, 0.5) is 5.69 Å². The van der Waals surface area contributed by atoms with Crippen molar-refractivity contribution in [3.63, 3.8) is 0 Å². The quantitative estimate of drug-likeness (QED) is 0.730. The van der Waals surface area contributed by atoms with Crippen LogP contribution in [0.5, 0.6) is 5.75 Å². The van der Waals surface area contributed by atoms with E-state index < -0.39 is 0 Å². The summed E-state index contributed by atoms with van der Waals surface area (Å²) < 4.78 is 7.12. The molecule has 0 aliphatic carbocycles. The van der Waals surface area contributed by atoms with Gasteiger partial charge >= 0.3 is 0 Å². The fourth-order valence-corrected chi connectivity index (χ4v) is 2.14. The van der Waals surface area contributed by atoms with Crippen molar-refractivity contribution >= 4 is 16.6 Å². The molecule has 0 spiro atoms. The molecular formula is C15H15N3O. The summed E-state index contributed by atoms with van der Waals surface area (Å²) in [6.07, 6.45) is 1.84. The van der Waals surface area contributed by atoms with Gasteiger partial charge in [0, 0.05) is 11.1 Å². The van der Waals surface area contributed by atoms with E-state index in [1.807, 2.05) is 53.3 Å². The van der Waals surface area contributed by atoms with Crippen LogP contribution in [0.2, 0.25) is 0 Å². The number of methoxy groups -OCH3 is 1. The number of hydrogen-bond acceptors (Lipinski definition) is 3. The molecule has 0 radical (unpaired) electrons. The second-order valence-corrected chi connectivity index (χ2v) is 4.47. The Morgan fingerprint density at radius 3 is 2.68 bits per heavy atom. The van der Waals surface area contributed by atoms with E-state index in [-0.39, 0.29) is 0 Å². The van der Waals surface area contributed by atoms with E-state index in [9.17, 15) is 0 Å². The minimum atomic E-state index is 0.734. The van der Waals surface area contributed by atoms with Crippen molar-refractivity contribution in [2.24, 2.45) is 0 Å². The van der Waals surface area contributed by atoms with Crippen molar-refractivity contribution in [2.75, 3.05) is 12.8 Å². The van der Waals surface area contributed by atoms with E-state index in [4.69, 9.17) is 10.5 Å². The third-order valence-corrected chi connectivity index (χ3v) is 3.16. The van der Waals surface area contributed by atoms with Crippen molar-refractivity contribution in [2.45, 2.75) is 6.54 Å². The van der Waals surface area contributed by atoms with Crippen molar-refractivity contribution in [1.29, 1.82) is 0 Å². The predicted molar refractivity (Wildman–Crippen MR) is 76.2 cm³/mol. The van der Waals surface area contributed by atoms with Crippen molar-refractivity contribution in [1.82, 2.24) is 9.78 Å². The van der Waals surface area contributed by atoms with E-state index in [1.165, 1.54) is 5.56 Å². The molecule has 0 bridgehead atoms. The van der Waals surface area contributed by atoms with E-state index in [2.05, 4.69) is 5.10 Å². The molecular weight excluding hydrogens is 238 g/mol. The summed E-state index contributed by atoms with van der Waals surface area (Å²) in [7, 11) is 1.67. The van der Waals surface area contributed by atoms with Gasteiger partial charge in [0.1, 0.15) is 5.75 Å². The molecule has 4 heteroatoms. The average molecular weight is 253 g/mol. The number of ether oxygens (including phenoxy) is 1. The largest absolute Gasteiger partial charge is 0.497 e. The highest BCUT2D eigenvalue weighted by molar-refractivity contribution is 5.81. The third-order valence-electron chi connectivity index (χ3n) is 3.16. The van der Waals surface area contributed by atoms with Gasteiger partial charge in [0.2, 0.25) is 0 Å². The van der Waals surface area contributed by atoms with E-state index >= 15 is 0 Å². The number of benzene rings is 2. The molecule has 19 heavy (non-hydrogen) atoms. The maximum absolute atomic E-state index is 5.77. The number of nitrogens with zero attached hydrogens (tertiary/aromatic N) is 2. The SMILES string of the molecule is COc1ccc(Cn2ncc3cc(N)ccc32)cc1. The zero-order chi connectivity index (χ0) is 13.2. The lowest BCUT2D eigenvalue weighted by Crippen LogP contribution is -2.01. The minimum absolute atomic E-state index is 0.734. The zero-order valence-electron chi connectivity index (χ0n) is 10.7. The van der Waals surface area contributed by atoms with Crippen LogP contribution in [0.1, 0.15) is 5.56 Å². The Morgan fingerprint density at radius 1 is 1.16 bits per heavy atom. The number of hydrogen-bond donors (Lipinski definition) is 1. The van der Waals surface area contributed by atoms with E-state index in [1.54, 1.807) is 7.11 Å². The summed E-state index contributed by atoms with van der Waals surface area (Å²) in [5.41, 5.74) is 8.80. The Balaban J connectivity index is 1.92. The first-order valence-electron chi connectivity index (χ1n) is 6.10. The maximum Gasteiger partial charge on any atom is 0.118 e. The van der Waals surface area contributed by atoms with Crippen molar-refractivity contribution < 1.29 is 4.74 Å². The first kappa shape index (κ1) is 11.6. The fourth-order valence-electron chi connectivity index (χ4n) is 2.14. The molecule has 0 unspecified atom stereocenters. The van der Waals surface area contributed by atoms with Crippen LogP contribution in [0.25, 0.3) is 10.9 Å². The van der Waals surface area contributed by atoms with Crippen molar-refractivity contribution in [3.8, 4) is 5.75 Å². The highest BCUT2D eigenvalue weighted by Crippen LogP contribution is 2.19. The number of nitrogens with two attached hydrogens (primary N) is 1. The number of rotatable bonds is 3. The van der Waals surface area contributed by atoms with Gasteiger partial charge in [-0.1, -0.05) is 12.1 Å². The van der Waals surface area contributed by atoms with Crippen LogP contribution in [-0.4, -0.2) is 16.9 Å². The van der Waals surface area contributed by atoms with Crippen LogP contribution in [0.3, 0.4) is 0 Å². The molecule has 96 valence electrons. The lowest BCUT2D eigenvalue weighted by molar-refractivity contribution is 0.414. The van der Waals surface area contributed by atoms with Gasteiger partial charge in [-0.05, 0) is 35.9 Å². The summed E-state index contributed by atoms with van der Waals surface area (Å²) in [6, 6.07) is 13.8. The Morgan fingerprint density at radius 2 is 1.95 bits per heavy atom. The lowest BCUT2D eigenvalue weighted by Gasteiger charge is -2.05. The van der Waals surface area contributed by atoms with Gasteiger partial charge in [-0.25, -0.2) is 0 Å². The van der Waals surface area contributed by atoms with Gasteiger partial charge in [-0.3, -0.25) is 4.68 Å². The molecule has 0 saturated heterocycles. The molecule has 0 aliphatic heterocycles. The molecule has 0 saturated carbocycles. The van der Waals surface area contributed by atoms with Crippen LogP contribution >= 0.6 is 0 Å². The molecule has 0 aliphatic rings. The molecule has 3 aromatic rings. The third kappa shape index (κ3) is 2.25. The van der Waals surface area contributed by atoms with Gasteiger partial charge in [-0.15, -0.1) is 0 Å². The number of aromatic nitrogens is 2. The van der Waals surface area contributed by atoms with Crippen LogP contribution in [0.15, 0.2) is 48.7 Å². The monoisotopic (exact) mass is 253 g/mol. The molecule has 2 N–H and O–H groups in total. The second-order valence-electron chi connectivity index (χ2n) is 4.47. The topological polar surface area (TPSA) is 53.1 Å². The highest BCUT2D eigenvalue weighted by Gasteiger charge is 2.03. The number of fused-ring (bicyclic) bond motifs is 1. The molecule has 1 heterocycles. The summed E-state index contributed by atoms with van der Waals surface area (Å²) in [4.78, 5) is 0. The Hall–Kier alpha value is -2.49. The lowest BCUT2D eigenvalue weighted by atomic mass is 10.2. The Kier molecular flexibility index (Phi) is 2.83. The molecule has 0 atom stereocenters. The van der Waals surface area contributed by atoms with Gasteiger partial charge in [0.05, 0.1) is 25.4 Å². The van der Waals surface area contributed by atoms with Crippen LogP contribution in [-0.2, 0) is 6.54 Å². The predicted octanol–water partition coefficient (Wildman–Crippen LogP) is 2.68. The average Bonchev–Trinajstić information content (AvgIpc) is 2.82.